The van der Waals surface area contributed by atoms with Crippen LogP contribution >= 0.6 is 0 Å². The van der Waals surface area contributed by atoms with Crippen molar-refractivity contribution in [2.45, 2.75) is 38.8 Å². The van der Waals surface area contributed by atoms with Crippen LogP contribution in [0.3, 0.4) is 0 Å². The van der Waals surface area contributed by atoms with E-state index in [9.17, 15) is 5.11 Å². The monoisotopic (exact) mass is 369 g/mol. The summed E-state index contributed by atoms with van der Waals surface area (Å²) in [6.07, 6.45) is 2.22. The average molecular weight is 369 g/mol. The lowest BCUT2D eigenvalue weighted by Crippen LogP contribution is -2.40. The van der Waals surface area contributed by atoms with Gasteiger partial charge in [0, 0.05) is 52.3 Å². The molecule has 144 valence electrons. The maximum absolute atomic E-state index is 9.88. The summed E-state index contributed by atoms with van der Waals surface area (Å²) < 4.78 is 0. The summed E-state index contributed by atoms with van der Waals surface area (Å²) >= 11 is 0. The summed E-state index contributed by atoms with van der Waals surface area (Å²) in [5.41, 5.74) is 3.21. The Morgan fingerprint density at radius 1 is 1.04 bits per heavy atom. The molecule has 1 saturated heterocycles. The van der Waals surface area contributed by atoms with Gasteiger partial charge < -0.3 is 19.8 Å². The summed E-state index contributed by atoms with van der Waals surface area (Å²) in [6.45, 7) is 5.19. The molecule has 2 aliphatic heterocycles. The molecule has 0 amide bonds. The quantitative estimate of drug-likeness (QED) is 0.863. The molecule has 0 spiro atoms. The van der Waals surface area contributed by atoms with Gasteiger partial charge in [-0.15, -0.1) is 5.10 Å². The molecule has 0 radical (unpaired) electrons. The van der Waals surface area contributed by atoms with Crippen molar-refractivity contribution in [1.82, 2.24) is 20.2 Å². The third-order valence-corrected chi connectivity index (χ3v) is 5.30. The van der Waals surface area contributed by atoms with Crippen LogP contribution in [0.5, 0.6) is 0 Å². The number of anilines is 3. The highest BCUT2D eigenvalue weighted by atomic mass is 16.3. The Bertz CT molecular complexity index is 800. The lowest BCUT2D eigenvalue weighted by Gasteiger charge is -2.36. The number of aryl methyl sites for hydroxylation is 1. The summed E-state index contributed by atoms with van der Waals surface area (Å²) in [6, 6.07) is 4.02. The fourth-order valence-electron chi connectivity index (χ4n) is 3.68. The van der Waals surface area contributed by atoms with Gasteiger partial charge in [-0.3, -0.25) is 0 Å². The van der Waals surface area contributed by atoms with Crippen molar-refractivity contribution in [2.24, 2.45) is 0 Å². The molecule has 0 aromatic carbocycles. The Kier molecular flexibility index (Phi) is 4.82. The number of hydrogen-bond donors (Lipinski definition) is 1. The minimum absolute atomic E-state index is 0.202. The number of nitrogens with zero attached hydrogens (tertiary/aromatic N) is 7. The summed E-state index contributed by atoms with van der Waals surface area (Å²) in [5.74, 6) is 2.64. The second-order valence-corrected chi connectivity index (χ2v) is 7.59. The van der Waals surface area contributed by atoms with Gasteiger partial charge in [0.2, 0.25) is 5.95 Å². The van der Waals surface area contributed by atoms with E-state index in [2.05, 4.69) is 20.0 Å². The number of hydrogen-bond acceptors (Lipinski definition) is 8. The zero-order valence-corrected chi connectivity index (χ0v) is 16.3. The Balaban J connectivity index is 1.68. The normalized spacial score (nSPS) is 17.8. The van der Waals surface area contributed by atoms with E-state index in [-0.39, 0.29) is 6.10 Å². The minimum Gasteiger partial charge on any atom is -0.393 e. The zero-order valence-electron chi connectivity index (χ0n) is 16.3. The van der Waals surface area contributed by atoms with Crippen LogP contribution in [-0.2, 0) is 13.0 Å². The smallest absolute Gasteiger partial charge is 0.227 e. The number of aliphatic hydroxyl groups is 1. The van der Waals surface area contributed by atoms with E-state index in [1.807, 2.05) is 38.1 Å². The molecule has 0 unspecified atom stereocenters. The fraction of sp³-hybridized carbons (Fsp3) is 0.579. The molecule has 0 aliphatic carbocycles. The Morgan fingerprint density at radius 3 is 2.48 bits per heavy atom. The highest BCUT2D eigenvalue weighted by Crippen LogP contribution is 2.31. The Hall–Kier alpha value is -2.48. The first-order valence-electron chi connectivity index (χ1n) is 9.56. The maximum Gasteiger partial charge on any atom is 0.227 e. The molecule has 8 heteroatoms. The zero-order chi connectivity index (χ0) is 19.0. The molecule has 0 saturated carbocycles. The molecule has 4 heterocycles. The second kappa shape index (κ2) is 7.26. The van der Waals surface area contributed by atoms with Gasteiger partial charge in [-0.2, -0.15) is 10.1 Å². The summed E-state index contributed by atoms with van der Waals surface area (Å²) in [5, 5.41) is 18.4. The van der Waals surface area contributed by atoms with Gasteiger partial charge in [0.05, 0.1) is 17.5 Å². The molecule has 1 fully saturated rings. The molecule has 27 heavy (non-hydrogen) atoms. The van der Waals surface area contributed by atoms with Gasteiger partial charge in [0.1, 0.15) is 5.82 Å². The Labute approximate surface area is 159 Å². The highest BCUT2D eigenvalue weighted by Gasteiger charge is 2.28. The number of piperidine rings is 1. The van der Waals surface area contributed by atoms with Crippen molar-refractivity contribution in [3.05, 3.63) is 29.1 Å². The molecule has 4 rings (SSSR count). The van der Waals surface area contributed by atoms with Gasteiger partial charge >= 0.3 is 0 Å². The number of fused-ring (bicyclic) bond motifs is 1. The fourth-order valence-corrected chi connectivity index (χ4v) is 3.68. The SMILES string of the molecule is Cc1ccc(N2CCc3nc(N(C)C)nc(N4CCC(O)CC4)c3C2)nn1. The number of rotatable bonds is 3. The van der Waals surface area contributed by atoms with Crippen molar-refractivity contribution >= 4 is 17.6 Å². The van der Waals surface area contributed by atoms with Gasteiger partial charge in [-0.1, -0.05) is 0 Å². The maximum atomic E-state index is 9.88. The lowest BCUT2D eigenvalue weighted by molar-refractivity contribution is 0.145. The Morgan fingerprint density at radius 2 is 1.81 bits per heavy atom. The third-order valence-electron chi connectivity index (χ3n) is 5.30. The van der Waals surface area contributed by atoms with Gasteiger partial charge in [0.15, 0.2) is 5.82 Å². The number of aromatic nitrogens is 4. The molecular weight excluding hydrogens is 342 g/mol. The predicted molar refractivity (Wildman–Crippen MR) is 105 cm³/mol. The third kappa shape index (κ3) is 3.66. The molecule has 2 aromatic rings. The predicted octanol–water partition coefficient (Wildman–Crippen LogP) is 1.16. The lowest BCUT2D eigenvalue weighted by atomic mass is 10.0. The summed E-state index contributed by atoms with van der Waals surface area (Å²) in [4.78, 5) is 16.2. The van der Waals surface area contributed by atoms with Gasteiger partial charge in [-0.25, -0.2) is 4.98 Å². The molecule has 2 aromatic heterocycles. The van der Waals surface area contributed by atoms with Gasteiger partial charge in [-0.05, 0) is 31.9 Å². The van der Waals surface area contributed by atoms with E-state index in [1.54, 1.807) is 0 Å². The van der Waals surface area contributed by atoms with Gasteiger partial charge in [0.25, 0.3) is 0 Å². The average Bonchev–Trinajstić information content (AvgIpc) is 2.68. The van der Waals surface area contributed by atoms with Crippen molar-refractivity contribution in [1.29, 1.82) is 0 Å². The van der Waals surface area contributed by atoms with E-state index >= 15 is 0 Å². The van der Waals surface area contributed by atoms with Crippen LogP contribution in [0.4, 0.5) is 17.6 Å². The van der Waals surface area contributed by atoms with E-state index < -0.39 is 0 Å². The molecule has 1 N–H and O–H groups in total. The van der Waals surface area contributed by atoms with E-state index in [4.69, 9.17) is 9.97 Å². The topological polar surface area (TPSA) is 81.5 Å². The summed E-state index contributed by atoms with van der Waals surface area (Å²) in [7, 11) is 3.95. The van der Waals surface area contributed by atoms with Crippen LogP contribution in [0.25, 0.3) is 0 Å². The van der Waals surface area contributed by atoms with E-state index in [0.717, 1.165) is 74.4 Å². The van der Waals surface area contributed by atoms with E-state index in [0.29, 0.717) is 0 Å². The molecule has 2 aliphatic rings. The van der Waals surface area contributed by atoms with Crippen LogP contribution in [0.1, 0.15) is 29.8 Å². The van der Waals surface area contributed by atoms with Crippen LogP contribution in [0, 0.1) is 6.92 Å². The van der Waals surface area contributed by atoms with Crippen LogP contribution in [0.15, 0.2) is 12.1 Å². The highest BCUT2D eigenvalue weighted by molar-refractivity contribution is 5.57. The molecule has 8 nitrogen and oxygen atoms in total. The van der Waals surface area contributed by atoms with Crippen LogP contribution in [-0.4, -0.2) is 65.1 Å². The second-order valence-electron chi connectivity index (χ2n) is 7.59. The first-order valence-corrected chi connectivity index (χ1v) is 9.56. The molecule has 0 atom stereocenters. The van der Waals surface area contributed by atoms with Crippen LogP contribution < -0.4 is 14.7 Å². The van der Waals surface area contributed by atoms with E-state index in [1.165, 1.54) is 5.56 Å². The van der Waals surface area contributed by atoms with Crippen molar-refractivity contribution in [3.63, 3.8) is 0 Å². The minimum atomic E-state index is -0.202. The molecule has 0 bridgehead atoms. The molecular formula is C19H27N7O. The largest absolute Gasteiger partial charge is 0.393 e. The van der Waals surface area contributed by atoms with Crippen molar-refractivity contribution in [3.8, 4) is 0 Å². The first-order chi connectivity index (χ1) is 13.0. The van der Waals surface area contributed by atoms with Crippen LogP contribution in [0.2, 0.25) is 0 Å². The number of aliphatic hydroxyl groups excluding tert-OH is 1. The van der Waals surface area contributed by atoms with Crippen molar-refractivity contribution in [2.75, 3.05) is 48.4 Å². The standard InChI is InChI=1S/C19H27N7O/c1-13-4-5-17(23-22-13)26-11-8-16-15(12-26)18(21-19(20-16)24(2)3)25-9-6-14(27)7-10-25/h4-5,14,27H,6-12H2,1-3H3. The van der Waals surface area contributed by atoms with Crippen molar-refractivity contribution < 1.29 is 5.11 Å². The first kappa shape index (κ1) is 17.9.